The fourth-order valence-electron chi connectivity index (χ4n) is 5.87. The van der Waals surface area contributed by atoms with E-state index >= 15 is 0 Å². The molecule has 0 atom stereocenters. The number of benzene rings is 1. The summed E-state index contributed by atoms with van der Waals surface area (Å²) in [5.74, 6) is -0.404. The molecule has 0 fully saturated rings. The van der Waals surface area contributed by atoms with Crippen molar-refractivity contribution < 1.29 is 28.3 Å². The van der Waals surface area contributed by atoms with Crippen LogP contribution in [0.3, 0.4) is 0 Å². The van der Waals surface area contributed by atoms with Gasteiger partial charge in [0.15, 0.2) is 37.9 Å². The number of carbonyl (C=O) groups excluding carboxylic acids is 4. The van der Waals surface area contributed by atoms with E-state index in [9.17, 15) is 19.2 Å². The van der Waals surface area contributed by atoms with E-state index in [4.69, 9.17) is 0 Å². The van der Waals surface area contributed by atoms with E-state index in [1.54, 1.807) is 31.7 Å². The van der Waals surface area contributed by atoms with E-state index in [-0.39, 0.29) is 23.6 Å². The Hall–Kier alpha value is -4.60. The van der Waals surface area contributed by atoms with Gasteiger partial charge in [-0.3, -0.25) is 19.2 Å². The van der Waals surface area contributed by atoms with Crippen molar-refractivity contribution in [2.24, 2.45) is 0 Å². The minimum atomic E-state index is -0.101. The number of carbonyl (C=O) groups is 4. The van der Waals surface area contributed by atoms with E-state index in [0.717, 1.165) is 11.1 Å². The zero-order chi connectivity index (χ0) is 35.4. The predicted octanol–water partition coefficient (Wildman–Crippen LogP) is 4.29. The lowest BCUT2D eigenvalue weighted by Crippen LogP contribution is -2.40. The average molecular weight is 659 g/mol. The molecule has 10 nitrogen and oxygen atoms in total. The third-order valence-corrected chi connectivity index (χ3v) is 8.79. The fraction of sp³-hybridized carbons (Fsp3) is 0.474. The molecule has 48 heavy (non-hydrogen) atoms. The molecule has 4 amide bonds. The first-order valence-corrected chi connectivity index (χ1v) is 17.4. The van der Waals surface area contributed by atoms with Crippen LogP contribution < -0.4 is 9.13 Å². The lowest BCUT2D eigenvalue weighted by Gasteiger charge is -2.20. The van der Waals surface area contributed by atoms with E-state index in [1.165, 1.54) is 0 Å². The maximum absolute atomic E-state index is 13.3. The number of nitrogens with zero attached hydrogens (tertiary/aromatic N) is 6. The maximum Gasteiger partial charge on any atom is 0.259 e. The quantitative estimate of drug-likeness (QED) is 0.215. The number of hydrogen-bond acceptors (Lipinski definition) is 4. The van der Waals surface area contributed by atoms with Crippen molar-refractivity contribution in [1.29, 1.82) is 0 Å². The second-order valence-electron chi connectivity index (χ2n) is 11.7. The summed E-state index contributed by atoms with van der Waals surface area (Å²) in [5, 5.41) is 0. The molecule has 2 aromatic heterocycles. The van der Waals surface area contributed by atoms with E-state index in [2.05, 4.69) is 0 Å². The van der Waals surface area contributed by atoms with Gasteiger partial charge < -0.3 is 19.6 Å². The van der Waals surface area contributed by atoms with Crippen molar-refractivity contribution in [3.05, 3.63) is 94.6 Å². The summed E-state index contributed by atoms with van der Waals surface area (Å²) >= 11 is 0. The van der Waals surface area contributed by atoms with Crippen molar-refractivity contribution >= 4 is 23.6 Å². The van der Waals surface area contributed by atoms with Gasteiger partial charge >= 0.3 is 0 Å². The van der Waals surface area contributed by atoms with Crippen LogP contribution in [0.5, 0.6) is 0 Å². The summed E-state index contributed by atoms with van der Waals surface area (Å²) in [4.78, 5) is 60.3. The molecule has 0 unspecified atom stereocenters. The highest BCUT2D eigenvalue weighted by Crippen LogP contribution is 2.13. The highest BCUT2D eigenvalue weighted by molar-refractivity contribution is 5.99. The molecule has 10 heteroatoms. The average Bonchev–Trinajstić information content (AvgIpc) is 3.10. The summed E-state index contributed by atoms with van der Waals surface area (Å²) in [6.07, 6.45) is 7.26. The summed E-state index contributed by atoms with van der Waals surface area (Å²) < 4.78 is 3.81. The van der Waals surface area contributed by atoms with Crippen molar-refractivity contribution in [3.8, 4) is 0 Å². The lowest BCUT2D eigenvalue weighted by molar-refractivity contribution is -0.689. The number of hydrogen-bond donors (Lipinski definition) is 0. The monoisotopic (exact) mass is 658 g/mol. The van der Waals surface area contributed by atoms with Crippen LogP contribution in [0, 0.1) is 0 Å². The molecule has 0 spiro atoms. The van der Waals surface area contributed by atoms with E-state index in [0.29, 0.717) is 87.7 Å². The summed E-state index contributed by atoms with van der Waals surface area (Å²) in [6.45, 7) is 21.2. The lowest BCUT2D eigenvalue weighted by atomic mass is 10.1. The van der Waals surface area contributed by atoms with Crippen molar-refractivity contribution in [3.63, 3.8) is 0 Å². The van der Waals surface area contributed by atoms with Gasteiger partial charge in [0, 0.05) is 63.5 Å². The van der Waals surface area contributed by atoms with Gasteiger partial charge in [-0.15, -0.1) is 0 Å². The second kappa shape index (κ2) is 18.1. The largest absolute Gasteiger partial charge is 0.339 e. The minimum absolute atomic E-state index is 0.101. The topological polar surface area (TPSA) is 89.0 Å². The molecule has 1 aromatic carbocycles. The van der Waals surface area contributed by atoms with Gasteiger partial charge in [0.05, 0.1) is 0 Å². The second-order valence-corrected chi connectivity index (χ2v) is 11.7. The minimum Gasteiger partial charge on any atom is -0.339 e. The van der Waals surface area contributed by atoms with Crippen molar-refractivity contribution in [2.45, 2.75) is 68.5 Å². The standard InChI is InChI=1S/C38H54N6O4/c1-9-41(10-2)35(45)31-21-32(36(46)42(11-3)12-4)26-39(25-31)23-29-17-19-30(20-18-29)24-40-27-33(37(47)43(13-5)14-6)22-34(28-40)38(48)44(15-7)16-8/h17-22,25-28H,9-16,23-24H2,1-8H3/q+2. The summed E-state index contributed by atoms with van der Waals surface area (Å²) in [6, 6.07) is 11.5. The summed E-state index contributed by atoms with van der Waals surface area (Å²) in [5.41, 5.74) is 3.95. The third kappa shape index (κ3) is 9.27. The van der Waals surface area contributed by atoms with E-state index in [1.807, 2.05) is 114 Å². The first kappa shape index (κ1) is 37.9. The van der Waals surface area contributed by atoms with Gasteiger partial charge in [-0.25, -0.2) is 0 Å². The van der Waals surface area contributed by atoms with Crippen LogP contribution in [0.25, 0.3) is 0 Å². The van der Waals surface area contributed by atoms with Gasteiger partial charge in [0.1, 0.15) is 22.3 Å². The Morgan fingerprint density at radius 2 is 0.625 bits per heavy atom. The molecule has 2 heterocycles. The Labute approximate surface area is 286 Å². The van der Waals surface area contributed by atoms with Crippen LogP contribution in [0.15, 0.2) is 61.2 Å². The molecule has 0 radical (unpaired) electrons. The molecule has 0 bridgehead atoms. The zero-order valence-electron chi connectivity index (χ0n) is 30.2. The van der Waals surface area contributed by atoms with Crippen LogP contribution >= 0.6 is 0 Å². The highest BCUT2D eigenvalue weighted by Gasteiger charge is 2.25. The van der Waals surface area contributed by atoms with Gasteiger partial charge in [-0.1, -0.05) is 24.3 Å². The van der Waals surface area contributed by atoms with Crippen LogP contribution in [0.2, 0.25) is 0 Å². The van der Waals surface area contributed by atoms with Gasteiger partial charge in [-0.05, 0) is 67.5 Å². The number of amides is 4. The Morgan fingerprint density at radius 1 is 0.417 bits per heavy atom. The molecule has 0 aliphatic heterocycles. The van der Waals surface area contributed by atoms with Gasteiger partial charge in [0.2, 0.25) is 0 Å². The fourth-order valence-corrected chi connectivity index (χ4v) is 5.87. The molecular weight excluding hydrogens is 604 g/mol. The van der Waals surface area contributed by atoms with Crippen LogP contribution in [-0.4, -0.2) is 95.6 Å². The number of pyridine rings is 2. The Bertz CT molecular complexity index is 1350. The molecule has 3 rings (SSSR count). The molecular formula is C38H54N6O4+2. The summed E-state index contributed by atoms with van der Waals surface area (Å²) in [7, 11) is 0. The molecule has 0 saturated heterocycles. The van der Waals surface area contributed by atoms with Crippen molar-refractivity contribution in [2.75, 3.05) is 52.4 Å². The molecule has 3 aromatic rings. The highest BCUT2D eigenvalue weighted by atomic mass is 16.2. The molecule has 0 aliphatic carbocycles. The zero-order valence-corrected chi connectivity index (χ0v) is 30.2. The maximum atomic E-state index is 13.3. The Kier molecular flexibility index (Phi) is 14.3. The van der Waals surface area contributed by atoms with Gasteiger partial charge in [0.25, 0.3) is 23.6 Å². The third-order valence-electron chi connectivity index (χ3n) is 8.79. The van der Waals surface area contributed by atoms with E-state index < -0.39 is 0 Å². The smallest absolute Gasteiger partial charge is 0.259 e. The van der Waals surface area contributed by atoms with Crippen LogP contribution in [0.4, 0.5) is 0 Å². The molecule has 0 saturated carbocycles. The molecule has 0 N–H and O–H groups in total. The number of aromatic nitrogens is 2. The first-order valence-electron chi connectivity index (χ1n) is 17.4. The Morgan fingerprint density at radius 3 is 0.812 bits per heavy atom. The number of rotatable bonds is 16. The van der Waals surface area contributed by atoms with Gasteiger partial charge in [-0.2, -0.15) is 9.13 Å². The Balaban J connectivity index is 1.94. The molecule has 0 aliphatic rings. The van der Waals surface area contributed by atoms with Crippen LogP contribution in [-0.2, 0) is 13.1 Å². The van der Waals surface area contributed by atoms with Crippen molar-refractivity contribution in [1.82, 2.24) is 19.6 Å². The van der Waals surface area contributed by atoms with Crippen LogP contribution in [0.1, 0.15) is 108 Å². The first-order chi connectivity index (χ1) is 23.1. The SMILES string of the molecule is CCN(CC)C(=O)c1cc(C(=O)N(CC)CC)c[n+](Cc2ccc(C[n+]3cc(C(=O)N(CC)CC)cc(C(=O)N(CC)CC)c3)cc2)c1. The predicted molar refractivity (Wildman–Crippen MR) is 187 cm³/mol. The normalized spacial score (nSPS) is 10.8. The molecule has 258 valence electrons.